The second-order valence-corrected chi connectivity index (χ2v) is 5.14. The number of ketones is 1. The first-order valence-corrected chi connectivity index (χ1v) is 5.73. The minimum Gasteiger partial charge on any atom is -0.481 e. The molecule has 0 saturated carbocycles. The Bertz CT molecular complexity index is 504. The lowest BCUT2D eigenvalue weighted by molar-refractivity contribution is -0.144. The Balaban J connectivity index is 2.46. The van der Waals surface area contributed by atoms with Crippen LogP contribution in [0.2, 0.25) is 0 Å². The predicted molar refractivity (Wildman–Crippen MR) is 64.1 cm³/mol. The summed E-state index contributed by atoms with van der Waals surface area (Å²) in [6.07, 6.45) is 0.523. The third-order valence-electron chi connectivity index (χ3n) is 3.91. The van der Waals surface area contributed by atoms with Crippen molar-refractivity contribution in [3.05, 3.63) is 34.9 Å². The van der Waals surface area contributed by atoms with Crippen LogP contribution < -0.4 is 0 Å². The van der Waals surface area contributed by atoms with Crippen LogP contribution >= 0.6 is 0 Å². The van der Waals surface area contributed by atoms with Gasteiger partial charge in [-0.2, -0.15) is 0 Å². The number of aliphatic carboxylic acids is 1. The van der Waals surface area contributed by atoms with Crippen molar-refractivity contribution in [3.8, 4) is 0 Å². The van der Waals surface area contributed by atoms with E-state index in [1.165, 1.54) is 0 Å². The van der Waals surface area contributed by atoms with Crippen LogP contribution in [0.15, 0.2) is 18.2 Å². The van der Waals surface area contributed by atoms with Gasteiger partial charge < -0.3 is 5.11 Å². The summed E-state index contributed by atoms with van der Waals surface area (Å²) in [7, 11) is 0. The van der Waals surface area contributed by atoms with Crippen molar-refractivity contribution in [2.45, 2.75) is 27.2 Å². The van der Waals surface area contributed by atoms with Crippen molar-refractivity contribution in [3.63, 3.8) is 0 Å². The number of carboxylic acids is 1. The topological polar surface area (TPSA) is 54.4 Å². The normalized spacial score (nSPS) is 24.5. The maximum atomic E-state index is 12.4. The van der Waals surface area contributed by atoms with Gasteiger partial charge in [-0.25, -0.2) is 0 Å². The Morgan fingerprint density at radius 1 is 1.47 bits per heavy atom. The van der Waals surface area contributed by atoms with Gasteiger partial charge in [0, 0.05) is 11.0 Å². The Labute approximate surface area is 100 Å². The van der Waals surface area contributed by atoms with Crippen LogP contribution in [0.4, 0.5) is 0 Å². The van der Waals surface area contributed by atoms with Crippen LogP contribution in [-0.4, -0.2) is 16.9 Å². The molecule has 2 rings (SSSR count). The molecule has 0 aliphatic heterocycles. The predicted octanol–water partition coefficient (Wildman–Crippen LogP) is 2.46. The van der Waals surface area contributed by atoms with Crippen LogP contribution in [0.3, 0.4) is 0 Å². The highest BCUT2D eigenvalue weighted by Crippen LogP contribution is 2.42. The fraction of sp³-hybridized carbons (Fsp3) is 0.429. The average molecular weight is 232 g/mol. The number of hydrogen-bond donors (Lipinski definition) is 1. The summed E-state index contributed by atoms with van der Waals surface area (Å²) < 4.78 is 0. The lowest BCUT2D eigenvalue weighted by atomic mass is 9.75. The van der Waals surface area contributed by atoms with Gasteiger partial charge in [-0.05, 0) is 25.0 Å². The zero-order chi connectivity index (χ0) is 12.8. The van der Waals surface area contributed by atoms with Gasteiger partial charge in [0.25, 0.3) is 0 Å². The molecule has 0 aromatic heterocycles. The highest BCUT2D eigenvalue weighted by molar-refractivity contribution is 6.06. The summed E-state index contributed by atoms with van der Waals surface area (Å²) in [5.41, 5.74) is 1.89. The first-order valence-electron chi connectivity index (χ1n) is 5.73. The molecule has 1 aliphatic rings. The molecule has 0 spiro atoms. The van der Waals surface area contributed by atoms with Gasteiger partial charge in [0.1, 0.15) is 0 Å². The van der Waals surface area contributed by atoms with E-state index < -0.39 is 17.3 Å². The van der Waals surface area contributed by atoms with Gasteiger partial charge in [0.2, 0.25) is 0 Å². The minimum absolute atomic E-state index is 0.0360. The molecule has 2 atom stereocenters. The molecule has 0 heterocycles. The molecular weight excluding hydrogens is 216 g/mol. The summed E-state index contributed by atoms with van der Waals surface area (Å²) in [6, 6.07) is 5.75. The summed E-state index contributed by atoms with van der Waals surface area (Å²) in [4.78, 5) is 23.5. The van der Waals surface area contributed by atoms with E-state index in [0.29, 0.717) is 12.0 Å². The van der Waals surface area contributed by atoms with Crippen molar-refractivity contribution in [2.75, 3.05) is 0 Å². The van der Waals surface area contributed by atoms with Crippen LogP contribution in [0.1, 0.15) is 35.3 Å². The van der Waals surface area contributed by atoms with Gasteiger partial charge in [-0.1, -0.05) is 31.5 Å². The van der Waals surface area contributed by atoms with E-state index >= 15 is 0 Å². The Kier molecular flexibility index (Phi) is 2.57. The number of benzene rings is 1. The zero-order valence-corrected chi connectivity index (χ0v) is 10.3. The van der Waals surface area contributed by atoms with Gasteiger partial charge in [0.05, 0.1) is 5.92 Å². The summed E-state index contributed by atoms with van der Waals surface area (Å²) in [5.74, 6) is -1.61. The number of Topliss-reactive ketones (excluding diaryl/α,β-unsaturated/α-hetero) is 1. The second-order valence-electron chi connectivity index (χ2n) is 5.14. The van der Waals surface area contributed by atoms with Crippen molar-refractivity contribution < 1.29 is 14.7 Å². The minimum atomic E-state index is -0.912. The van der Waals surface area contributed by atoms with Gasteiger partial charge >= 0.3 is 5.97 Å². The van der Waals surface area contributed by atoms with Crippen molar-refractivity contribution in [2.24, 2.45) is 11.3 Å². The van der Waals surface area contributed by atoms with Gasteiger partial charge in [-0.15, -0.1) is 0 Å². The van der Waals surface area contributed by atoms with E-state index in [9.17, 15) is 9.59 Å². The standard InChI is InChI=1S/C14H16O3/c1-8-4-5-10-7-14(3,9(2)13(16)17)12(15)11(10)6-8/h4-6,9H,7H2,1-3H3,(H,16,17). The fourth-order valence-corrected chi connectivity index (χ4v) is 2.46. The Hall–Kier alpha value is -1.64. The third kappa shape index (κ3) is 1.66. The van der Waals surface area contributed by atoms with Crippen LogP contribution in [0.5, 0.6) is 0 Å². The zero-order valence-electron chi connectivity index (χ0n) is 10.3. The number of fused-ring (bicyclic) bond motifs is 1. The smallest absolute Gasteiger partial charge is 0.307 e. The largest absolute Gasteiger partial charge is 0.481 e. The highest BCUT2D eigenvalue weighted by Gasteiger charge is 2.48. The molecule has 1 aromatic rings. The Morgan fingerprint density at radius 3 is 2.71 bits per heavy atom. The Morgan fingerprint density at radius 2 is 2.12 bits per heavy atom. The van der Waals surface area contributed by atoms with Gasteiger partial charge in [0.15, 0.2) is 5.78 Å². The van der Waals surface area contributed by atoms with Crippen LogP contribution in [0.25, 0.3) is 0 Å². The first-order chi connectivity index (χ1) is 7.86. The van der Waals surface area contributed by atoms with Crippen molar-refractivity contribution >= 4 is 11.8 Å². The molecule has 1 aromatic carbocycles. The number of hydrogen-bond acceptors (Lipinski definition) is 2. The molecule has 1 N–H and O–H groups in total. The van der Waals surface area contributed by atoms with E-state index in [2.05, 4.69) is 0 Å². The molecule has 90 valence electrons. The van der Waals surface area contributed by atoms with Crippen molar-refractivity contribution in [1.29, 1.82) is 0 Å². The fourth-order valence-electron chi connectivity index (χ4n) is 2.46. The lowest BCUT2D eigenvalue weighted by Crippen LogP contribution is -2.36. The number of rotatable bonds is 2. The highest BCUT2D eigenvalue weighted by atomic mass is 16.4. The molecule has 3 heteroatoms. The van der Waals surface area contributed by atoms with E-state index in [0.717, 1.165) is 11.1 Å². The maximum Gasteiger partial charge on any atom is 0.307 e. The molecular formula is C14H16O3. The van der Waals surface area contributed by atoms with E-state index in [-0.39, 0.29) is 5.78 Å². The summed E-state index contributed by atoms with van der Waals surface area (Å²) in [6.45, 7) is 5.30. The third-order valence-corrected chi connectivity index (χ3v) is 3.91. The molecule has 0 amide bonds. The van der Waals surface area contributed by atoms with E-state index in [1.54, 1.807) is 13.8 Å². The second kappa shape index (κ2) is 3.69. The molecule has 0 saturated heterocycles. The number of carbonyl (C=O) groups excluding carboxylic acids is 1. The SMILES string of the molecule is Cc1ccc2c(c1)C(=O)C(C)(C(C)C(=O)O)C2. The number of carboxylic acid groups (broad SMARTS) is 1. The van der Waals surface area contributed by atoms with Crippen LogP contribution in [-0.2, 0) is 11.2 Å². The van der Waals surface area contributed by atoms with E-state index in [4.69, 9.17) is 5.11 Å². The molecule has 0 fully saturated rings. The van der Waals surface area contributed by atoms with Crippen molar-refractivity contribution in [1.82, 2.24) is 0 Å². The molecule has 2 unspecified atom stereocenters. The molecule has 3 nitrogen and oxygen atoms in total. The quantitative estimate of drug-likeness (QED) is 0.852. The monoisotopic (exact) mass is 232 g/mol. The number of carbonyl (C=O) groups is 2. The average Bonchev–Trinajstić information content (AvgIpc) is 2.52. The molecule has 17 heavy (non-hydrogen) atoms. The number of aryl methyl sites for hydroxylation is 1. The molecule has 1 aliphatic carbocycles. The van der Waals surface area contributed by atoms with E-state index in [1.807, 2.05) is 25.1 Å². The molecule has 0 bridgehead atoms. The molecule has 0 radical (unpaired) electrons. The summed E-state index contributed by atoms with van der Waals surface area (Å²) >= 11 is 0. The first kappa shape index (κ1) is 11.8. The lowest BCUT2D eigenvalue weighted by Gasteiger charge is -2.26. The maximum absolute atomic E-state index is 12.4. The summed E-state index contributed by atoms with van der Waals surface area (Å²) in [5, 5.41) is 9.11. The van der Waals surface area contributed by atoms with Gasteiger partial charge in [-0.3, -0.25) is 9.59 Å². The van der Waals surface area contributed by atoms with Crippen LogP contribution in [0, 0.1) is 18.3 Å².